The summed E-state index contributed by atoms with van der Waals surface area (Å²) >= 11 is 4.87. The topological polar surface area (TPSA) is 88.3 Å². The lowest BCUT2D eigenvalue weighted by atomic mass is 9.73. The second kappa shape index (κ2) is 6.21. The van der Waals surface area contributed by atoms with E-state index in [1.807, 2.05) is 19.1 Å². The molecule has 0 bridgehead atoms. The van der Waals surface area contributed by atoms with Gasteiger partial charge in [-0.15, -0.1) is 21.5 Å². The van der Waals surface area contributed by atoms with Gasteiger partial charge in [0, 0.05) is 0 Å². The van der Waals surface area contributed by atoms with Crippen LogP contribution in [0.5, 0.6) is 0 Å². The lowest BCUT2D eigenvalue weighted by Crippen LogP contribution is -2.53. The molecule has 2 fully saturated rings. The summed E-state index contributed by atoms with van der Waals surface area (Å²) in [7, 11) is 0. The molecule has 2 aliphatic rings. The largest absolute Gasteiger partial charge is 0.418 e. The van der Waals surface area contributed by atoms with Gasteiger partial charge in [-0.3, -0.25) is 9.69 Å². The van der Waals surface area contributed by atoms with E-state index in [0.717, 1.165) is 27.9 Å². The highest BCUT2D eigenvalue weighted by Gasteiger charge is 2.55. The predicted octanol–water partition coefficient (Wildman–Crippen LogP) is 3.56. The van der Waals surface area contributed by atoms with Gasteiger partial charge in [0.05, 0.1) is 8.66 Å². The van der Waals surface area contributed by atoms with Crippen LogP contribution in [0.1, 0.15) is 38.5 Å². The minimum atomic E-state index is -0.767. The quantitative estimate of drug-likeness (QED) is 0.760. The molecular formula is C16H17BrN4O3S. The average Bonchev–Trinajstić information content (AvgIpc) is 3.27. The van der Waals surface area contributed by atoms with E-state index in [2.05, 4.69) is 31.4 Å². The van der Waals surface area contributed by atoms with Gasteiger partial charge in [-0.05, 0) is 46.8 Å². The highest BCUT2D eigenvalue weighted by Crippen LogP contribution is 2.38. The first-order chi connectivity index (χ1) is 12.0. The summed E-state index contributed by atoms with van der Waals surface area (Å²) in [5.74, 6) is 0.592. The Hall–Kier alpha value is -1.74. The Bertz CT molecular complexity index is 835. The van der Waals surface area contributed by atoms with Crippen molar-refractivity contribution in [2.45, 2.75) is 44.7 Å². The summed E-state index contributed by atoms with van der Waals surface area (Å²) in [6, 6.07) is 3.39. The monoisotopic (exact) mass is 424 g/mol. The molecule has 1 saturated heterocycles. The molecule has 2 atom stereocenters. The first kappa shape index (κ1) is 16.7. The van der Waals surface area contributed by atoms with E-state index >= 15 is 0 Å². The zero-order chi connectivity index (χ0) is 17.6. The van der Waals surface area contributed by atoms with Crippen LogP contribution < -0.4 is 5.32 Å². The summed E-state index contributed by atoms with van der Waals surface area (Å²) < 4.78 is 6.60. The van der Waals surface area contributed by atoms with Crippen LogP contribution in [0.3, 0.4) is 0 Å². The number of carbonyl (C=O) groups excluding carboxylic acids is 2. The van der Waals surface area contributed by atoms with E-state index in [0.29, 0.717) is 12.3 Å². The second-order valence-corrected chi connectivity index (χ2v) is 9.01. The van der Waals surface area contributed by atoms with Crippen LogP contribution in [0.2, 0.25) is 0 Å². The molecule has 25 heavy (non-hydrogen) atoms. The number of rotatable bonds is 3. The molecule has 3 amide bonds. The normalized spacial score (nSPS) is 26.5. The number of halogens is 1. The Kier molecular flexibility index (Phi) is 4.15. The molecule has 9 heteroatoms. The molecule has 1 aliphatic heterocycles. The van der Waals surface area contributed by atoms with Crippen molar-refractivity contribution in [3.8, 4) is 10.8 Å². The van der Waals surface area contributed by atoms with Gasteiger partial charge in [0.2, 0.25) is 5.89 Å². The molecule has 4 rings (SSSR count). The number of urea groups is 1. The van der Waals surface area contributed by atoms with Gasteiger partial charge in [-0.25, -0.2) is 4.79 Å². The third-order valence-corrected chi connectivity index (χ3v) is 6.66. The number of carbonyl (C=O) groups is 2. The van der Waals surface area contributed by atoms with Crippen molar-refractivity contribution in [1.82, 2.24) is 20.4 Å². The molecular weight excluding hydrogens is 408 g/mol. The standard InChI is InChI=1S/C16H17BrN4O3S/c1-9-4-2-3-7-16(9)14(22)21(15(23)18-16)8-12-19-20-13(24-12)10-5-6-11(17)25-10/h5-6,9H,2-4,7-8H2,1H3,(H,18,23)/t9-,16+/m0/s1. The van der Waals surface area contributed by atoms with Crippen molar-refractivity contribution in [3.63, 3.8) is 0 Å². The second-order valence-electron chi connectivity index (χ2n) is 6.54. The van der Waals surface area contributed by atoms with E-state index in [1.165, 1.54) is 16.2 Å². The molecule has 1 N–H and O–H groups in total. The van der Waals surface area contributed by atoms with Gasteiger partial charge < -0.3 is 9.73 Å². The smallest absolute Gasteiger partial charge is 0.325 e. The zero-order valence-electron chi connectivity index (χ0n) is 13.6. The SMILES string of the molecule is C[C@H]1CCCC[C@@]12NC(=O)N(Cc1nnc(-c3ccc(Br)s3)o1)C2=O. The molecule has 7 nitrogen and oxygen atoms in total. The van der Waals surface area contributed by atoms with Crippen molar-refractivity contribution < 1.29 is 14.0 Å². The van der Waals surface area contributed by atoms with Crippen LogP contribution >= 0.6 is 27.3 Å². The van der Waals surface area contributed by atoms with Crippen LogP contribution in [-0.2, 0) is 11.3 Å². The van der Waals surface area contributed by atoms with Crippen molar-refractivity contribution in [2.24, 2.45) is 5.92 Å². The summed E-state index contributed by atoms with van der Waals surface area (Å²) in [6.45, 7) is 2.03. The molecule has 0 unspecified atom stereocenters. The number of nitrogens with zero attached hydrogens (tertiary/aromatic N) is 3. The number of nitrogens with one attached hydrogen (secondary N) is 1. The van der Waals surface area contributed by atoms with E-state index in [1.54, 1.807) is 0 Å². The Morgan fingerprint density at radius 3 is 2.96 bits per heavy atom. The lowest BCUT2D eigenvalue weighted by molar-refractivity contribution is -0.134. The maximum Gasteiger partial charge on any atom is 0.325 e. The lowest BCUT2D eigenvalue weighted by Gasteiger charge is -2.36. The summed E-state index contributed by atoms with van der Waals surface area (Å²) in [4.78, 5) is 27.4. The Morgan fingerprint density at radius 2 is 2.24 bits per heavy atom. The number of amides is 3. The fourth-order valence-corrected chi connectivity index (χ4v) is 4.93. The minimum absolute atomic E-state index is 0.00131. The van der Waals surface area contributed by atoms with Crippen molar-refractivity contribution in [2.75, 3.05) is 0 Å². The third-order valence-electron chi connectivity index (χ3n) is 5.05. The average molecular weight is 425 g/mol. The third kappa shape index (κ3) is 2.79. The first-order valence-corrected chi connectivity index (χ1v) is 9.83. The van der Waals surface area contributed by atoms with E-state index in [4.69, 9.17) is 4.42 Å². The Morgan fingerprint density at radius 1 is 1.40 bits per heavy atom. The fourth-order valence-electron chi connectivity index (χ4n) is 3.62. The predicted molar refractivity (Wildman–Crippen MR) is 94.8 cm³/mol. The Labute approximate surface area is 156 Å². The van der Waals surface area contributed by atoms with Gasteiger partial charge in [0.25, 0.3) is 11.8 Å². The Balaban J connectivity index is 1.54. The van der Waals surface area contributed by atoms with Crippen molar-refractivity contribution in [1.29, 1.82) is 0 Å². The van der Waals surface area contributed by atoms with Crippen molar-refractivity contribution in [3.05, 3.63) is 21.8 Å². The van der Waals surface area contributed by atoms with Gasteiger partial charge in [-0.2, -0.15) is 0 Å². The molecule has 3 heterocycles. The summed E-state index contributed by atoms with van der Waals surface area (Å²) in [6.07, 6.45) is 3.67. The van der Waals surface area contributed by atoms with Gasteiger partial charge in [0.15, 0.2) is 0 Å². The summed E-state index contributed by atoms with van der Waals surface area (Å²) in [5, 5.41) is 10.9. The fraction of sp³-hybridized carbons (Fsp3) is 0.500. The van der Waals surface area contributed by atoms with E-state index < -0.39 is 5.54 Å². The van der Waals surface area contributed by atoms with E-state index in [9.17, 15) is 9.59 Å². The number of aromatic nitrogens is 2. The highest BCUT2D eigenvalue weighted by molar-refractivity contribution is 9.11. The first-order valence-electron chi connectivity index (χ1n) is 8.22. The molecule has 1 aliphatic carbocycles. The van der Waals surface area contributed by atoms with Gasteiger partial charge in [-0.1, -0.05) is 19.8 Å². The van der Waals surface area contributed by atoms with E-state index in [-0.39, 0.29) is 30.3 Å². The molecule has 0 radical (unpaired) electrons. The highest BCUT2D eigenvalue weighted by atomic mass is 79.9. The minimum Gasteiger partial charge on any atom is -0.418 e. The van der Waals surface area contributed by atoms with Gasteiger partial charge in [0.1, 0.15) is 12.1 Å². The van der Waals surface area contributed by atoms with Crippen LogP contribution in [-0.4, -0.2) is 32.6 Å². The zero-order valence-corrected chi connectivity index (χ0v) is 16.0. The molecule has 1 saturated carbocycles. The molecule has 2 aromatic rings. The molecule has 1 spiro atoms. The molecule has 132 valence electrons. The molecule has 0 aromatic carbocycles. The van der Waals surface area contributed by atoms with Crippen LogP contribution in [0, 0.1) is 5.92 Å². The number of hydrogen-bond acceptors (Lipinski definition) is 6. The van der Waals surface area contributed by atoms with Gasteiger partial charge >= 0.3 is 6.03 Å². The maximum atomic E-state index is 12.9. The van der Waals surface area contributed by atoms with Crippen LogP contribution in [0.25, 0.3) is 10.8 Å². The number of hydrogen-bond donors (Lipinski definition) is 1. The van der Waals surface area contributed by atoms with Crippen LogP contribution in [0.4, 0.5) is 4.79 Å². The number of imide groups is 1. The number of thiophene rings is 1. The maximum absolute atomic E-state index is 12.9. The van der Waals surface area contributed by atoms with Crippen LogP contribution in [0.15, 0.2) is 20.3 Å². The van der Waals surface area contributed by atoms with Crippen molar-refractivity contribution >= 4 is 39.2 Å². The molecule has 2 aromatic heterocycles. The summed E-state index contributed by atoms with van der Waals surface area (Å²) in [5.41, 5.74) is -0.767.